The molecule has 1 saturated heterocycles. The van der Waals surface area contributed by atoms with E-state index in [1.807, 2.05) is 13.8 Å². The summed E-state index contributed by atoms with van der Waals surface area (Å²) >= 11 is 0. The number of alkyl halides is 2. The van der Waals surface area contributed by atoms with E-state index < -0.39 is 30.8 Å². The Morgan fingerprint density at radius 3 is 2.62 bits per heavy atom. The van der Waals surface area contributed by atoms with Gasteiger partial charge in [0, 0.05) is 23.6 Å². The van der Waals surface area contributed by atoms with Crippen LogP contribution in [0, 0.1) is 0 Å². The molecule has 3 rings (SSSR count). The summed E-state index contributed by atoms with van der Waals surface area (Å²) in [4.78, 5) is 16.2. The third-order valence-electron chi connectivity index (χ3n) is 3.92. The molecule has 7 heteroatoms. The highest BCUT2D eigenvalue weighted by Crippen LogP contribution is 2.27. The Kier molecular flexibility index (Phi) is 4.36. The van der Waals surface area contributed by atoms with Gasteiger partial charge < -0.3 is 9.73 Å². The lowest BCUT2D eigenvalue weighted by atomic mass is 10.1. The average molecular weight is 335 g/mol. The number of hydrogen-bond donors (Lipinski definition) is 2. The Hall–Kier alpha value is -2.28. The molecular formula is C17H19F2N3O2. The molecule has 1 aliphatic heterocycles. The van der Waals surface area contributed by atoms with Crippen LogP contribution in [-0.2, 0) is 4.79 Å². The van der Waals surface area contributed by atoms with Crippen LogP contribution in [-0.4, -0.2) is 29.4 Å². The second kappa shape index (κ2) is 6.32. The summed E-state index contributed by atoms with van der Waals surface area (Å²) in [5.41, 5.74) is 1.32. The molecule has 1 aromatic heterocycles. The lowest BCUT2D eigenvalue weighted by Crippen LogP contribution is -2.35. The summed E-state index contributed by atoms with van der Waals surface area (Å²) < 4.78 is 31.9. The van der Waals surface area contributed by atoms with E-state index in [-0.39, 0.29) is 5.92 Å². The van der Waals surface area contributed by atoms with Gasteiger partial charge in [0.25, 0.3) is 5.92 Å². The van der Waals surface area contributed by atoms with Crippen molar-refractivity contribution in [2.24, 2.45) is 0 Å². The minimum atomic E-state index is -2.83. The second-order valence-electron chi connectivity index (χ2n) is 6.28. The molecule has 0 bridgehead atoms. The Labute approximate surface area is 138 Å². The third kappa shape index (κ3) is 3.62. The quantitative estimate of drug-likeness (QED) is 0.899. The molecule has 1 unspecified atom stereocenters. The van der Waals surface area contributed by atoms with Gasteiger partial charge in [-0.2, -0.15) is 0 Å². The highest BCUT2D eigenvalue weighted by atomic mass is 19.3. The smallest absolute Gasteiger partial charge is 0.262 e. The van der Waals surface area contributed by atoms with Crippen LogP contribution < -0.4 is 10.6 Å². The summed E-state index contributed by atoms with van der Waals surface area (Å²) in [5, 5.41) is 5.17. The van der Waals surface area contributed by atoms with Crippen LogP contribution >= 0.6 is 0 Å². The first-order chi connectivity index (χ1) is 11.3. The van der Waals surface area contributed by atoms with Crippen molar-refractivity contribution < 1.29 is 18.0 Å². The van der Waals surface area contributed by atoms with E-state index in [4.69, 9.17) is 4.42 Å². The van der Waals surface area contributed by atoms with Gasteiger partial charge in [0.1, 0.15) is 5.76 Å². The highest BCUT2D eigenvalue weighted by Gasteiger charge is 2.42. The Bertz CT molecular complexity index is 726. The van der Waals surface area contributed by atoms with Crippen molar-refractivity contribution in [3.05, 3.63) is 36.2 Å². The molecule has 0 spiro atoms. The SMILES string of the molecule is CC(C)c1cnc(-c2ccc(NC(=O)C3CC(F)(F)CN3)cc2)o1. The number of amides is 1. The largest absolute Gasteiger partial charge is 0.441 e. The normalized spacial score (nSPS) is 19.6. The van der Waals surface area contributed by atoms with Gasteiger partial charge in [-0.1, -0.05) is 13.8 Å². The summed E-state index contributed by atoms with van der Waals surface area (Å²) in [6.07, 6.45) is 1.22. The maximum Gasteiger partial charge on any atom is 0.262 e. The van der Waals surface area contributed by atoms with Crippen molar-refractivity contribution in [2.75, 3.05) is 11.9 Å². The molecule has 1 fully saturated rings. The fraction of sp³-hybridized carbons (Fsp3) is 0.412. The number of anilines is 1. The van der Waals surface area contributed by atoms with E-state index >= 15 is 0 Å². The van der Waals surface area contributed by atoms with Gasteiger partial charge in [0.05, 0.1) is 18.8 Å². The number of oxazole rings is 1. The Morgan fingerprint density at radius 1 is 1.38 bits per heavy atom. The van der Waals surface area contributed by atoms with E-state index in [1.165, 1.54) is 0 Å². The van der Waals surface area contributed by atoms with E-state index in [1.54, 1.807) is 30.5 Å². The molecule has 1 atom stereocenters. The molecule has 1 aromatic carbocycles. The zero-order valence-electron chi connectivity index (χ0n) is 13.5. The Morgan fingerprint density at radius 2 is 2.08 bits per heavy atom. The highest BCUT2D eigenvalue weighted by molar-refractivity contribution is 5.95. The Balaban J connectivity index is 1.65. The maximum atomic E-state index is 13.1. The summed E-state index contributed by atoms with van der Waals surface area (Å²) in [6.45, 7) is 3.57. The van der Waals surface area contributed by atoms with Crippen LogP contribution in [0.15, 0.2) is 34.9 Å². The standard InChI is InChI=1S/C17H19F2N3O2/c1-10(2)14-8-20-16(24-14)11-3-5-12(6-4-11)22-15(23)13-7-17(18,19)9-21-13/h3-6,8,10,13,21H,7,9H2,1-2H3,(H,22,23). The molecule has 2 heterocycles. The number of carbonyl (C=O) groups is 1. The molecule has 0 saturated carbocycles. The molecule has 0 radical (unpaired) electrons. The van der Waals surface area contributed by atoms with Crippen molar-refractivity contribution in [3.63, 3.8) is 0 Å². The minimum absolute atomic E-state index is 0.252. The van der Waals surface area contributed by atoms with Gasteiger partial charge in [-0.25, -0.2) is 13.8 Å². The lowest BCUT2D eigenvalue weighted by molar-refractivity contribution is -0.118. The van der Waals surface area contributed by atoms with Crippen molar-refractivity contribution in [2.45, 2.75) is 38.2 Å². The molecule has 1 aliphatic rings. The molecule has 5 nitrogen and oxygen atoms in total. The van der Waals surface area contributed by atoms with Crippen molar-refractivity contribution in [1.29, 1.82) is 0 Å². The molecule has 2 N–H and O–H groups in total. The zero-order valence-corrected chi connectivity index (χ0v) is 13.5. The third-order valence-corrected chi connectivity index (χ3v) is 3.92. The van der Waals surface area contributed by atoms with Crippen LogP contribution in [0.5, 0.6) is 0 Å². The van der Waals surface area contributed by atoms with E-state index in [0.717, 1.165) is 11.3 Å². The van der Waals surface area contributed by atoms with E-state index in [9.17, 15) is 13.6 Å². The monoisotopic (exact) mass is 335 g/mol. The number of benzene rings is 1. The predicted molar refractivity (Wildman–Crippen MR) is 86.0 cm³/mol. The van der Waals surface area contributed by atoms with Gasteiger partial charge in [0.15, 0.2) is 0 Å². The van der Waals surface area contributed by atoms with Crippen molar-refractivity contribution in [3.8, 4) is 11.5 Å². The van der Waals surface area contributed by atoms with Crippen LogP contribution in [0.2, 0.25) is 0 Å². The number of hydrogen-bond acceptors (Lipinski definition) is 4. The predicted octanol–water partition coefficient (Wildman–Crippen LogP) is 3.40. The van der Waals surface area contributed by atoms with Crippen LogP contribution in [0.1, 0.15) is 31.9 Å². The number of carbonyl (C=O) groups excluding carboxylic acids is 1. The van der Waals surface area contributed by atoms with E-state index in [2.05, 4.69) is 15.6 Å². The van der Waals surface area contributed by atoms with Gasteiger partial charge >= 0.3 is 0 Å². The van der Waals surface area contributed by atoms with E-state index in [0.29, 0.717) is 11.6 Å². The number of aromatic nitrogens is 1. The van der Waals surface area contributed by atoms with Gasteiger partial charge in [0.2, 0.25) is 11.8 Å². The first-order valence-electron chi connectivity index (χ1n) is 7.82. The topological polar surface area (TPSA) is 67.2 Å². The zero-order chi connectivity index (χ0) is 17.3. The van der Waals surface area contributed by atoms with Crippen LogP contribution in [0.3, 0.4) is 0 Å². The van der Waals surface area contributed by atoms with Gasteiger partial charge in [-0.05, 0) is 24.3 Å². The lowest BCUT2D eigenvalue weighted by Gasteiger charge is -2.11. The average Bonchev–Trinajstić information content (AvgIpc) is 3.15. The molecule has 1 amide bonds. The van der Waals surface area contributed by atoms with Crippen molar-refractivity contribution in [1.82, 2.24) is 10.3 Å². The first kappa shape index (κ1) is 16.6. The molecule has 0 aliphatic carbocycles. The molecule has 24 heavy (non-hydrogen) atoms. The first-order valence-corrected chi connectivity index (χ1v) is 7.82. The summed E-state index contributed by atoms with van der Waals surface area (Å²) in [7, 11) is 0. The maximum absolute atomic E-state index is 13.1. The number of halogens is 2. The fourth-order valence-corrected chi connectivity index (χ4v) is 2.51. The number of nitrogens with zero attached hydrogens (tertiary/aromatic N) is 1. The van der Waals surface area contributed by atoms with Gasteiger partial charge in [-0.15, -0.1) is 0 Å². The van der Waals surface area contributed by atoms with Gasteiger partial charge in [-0.3, -0.25) is 10.1 Å². The molecule has 2 aromatic rings. The number of rotatable bonds is 4. The molecule has 128 valence electrons. The van der Waals surface area contributed by atoms with Crippen molar-refractivity contribution >= 4 is 11.6 Å². The summed E-state index contributed by atoms with van der Waals surface area (Å²) in [5.74, 6) is -1.73. The van der Waals surface area contributed by atoms with Crippen LogP contribution in [0.25, 0.3) is 11.5 Å². The fourth-order valence-electron chi connectivity index (χ4n) is 2.51. The second-order valence-corrected chi connectivity index (χ2v) is 6.28. The summed E-state index contributed by atoms with van der Waals surface area (Å²) in [6, 6.07) is 6.05. The minimum Gasteiger partial charge on any atom is -0.441 e. The van der Waals surface area contributed by atoms with Crippen LogP contribution in [0.4, 0.5) is 14.5 Å². The molecular weight excluding hydrogens is 316 g/mol. The number of nitrogens with one attached hydrogen (secondary N) is 2.